The van der Waals surface area contributed by atoms with Crippen LogP contribution in [0.1, 0.15) is 30.9 Å². The third-order valence-corrected chi connectivity index (χ3v) is 6.67. The van der Waals surface area contributed by atoms with Crippen LogP contribution in [-0.4, -0.2) is 60.9 Å². The minimum Gasteiger partial charge on any atom is -0.357 e. The van der Waals surface area contributed by atoms with Crippen LogP contribution in [0.15, 0.2) is 47.7 Å². The van der Waals surface area contributed by atoms with Gasteiger partial charge in [0, 0.05) is 38.6 Å². The van der Waals surface area contributed by atoms with Crippen molar-refractivity contribution < 1.29 is 8.42 Å². The molecule has 2 N–H and O–H groups in total. The summed E-state index contributed by atoms with van der Waals surface area (Å²) in [6.45, 7) is 6.12. The second kappa shape index (κ2) is 12.4. The smallest absolute Gasteiger partial charge is 0.211 e. The molecule has 3 rings (SSSR count). The maximum absolute atomic E-state index is 11.7. The molecule has 0 saturated carbocycles. The van der Waals surface area contributed by atoms with Gasteiger partial charge in [0.1, 0.15) is 0 Å². The van der Waals surface area contributed by atoms with Crippen molar-refractivity contribution in [1.82, 2.24) is 24.7 Å². The Labute approximate surface area is 202 Å². The zero-order valence-corrected chi connectivity index (χ0v) is 21.3. The number of piperidine rings is 1. The summed E-state index contributed by atoms with van der Waals surface area (Å²) in [4.78, 5) is 4.77. The Balaban J connectivity index is 0.00000341. The molecular weight excluding hydrogens is 527 g/mol. The summed E-state index contributed by atoms with van der Waals surface area (Å²) in [6, 6.07) is 10.2. The van der Waals surface area contributed by atoms with Crippen molar-refractivity contribution in [1.29, 1.82) is 0 Å². The molecule has 0 atom stereocenters. The largest absolute Gasteiger partial charge is 0.357 e. The molecule has 0 aliphatic carbocycles. The van der Waals surface area contributed by atoms with Crippen LogP contribution in [0.5, 0.6) is 0 Å². The lowest BCUT2D eigenvalue weighted by molar-refractivity contribution is 0.275. The Morgan fingerprint density at radius 3 is 2.48 bits per heavy atom. The van der Waals surface area contributed by atoms with E-state index in [2.05, 4.69) is 27.9 Å². The highest BCUT2D eigenvalue weighted by molar-refractivity contribution is 14.0. The molecule has 0 spiro atoms. The second-order valence-electron chi connectivity index (χ2n) is 7.65. The summed E-state index contributed by atoms with van der Waals surface area (Å²) >= 11 is 0. The lowest BCUT2D eigenvalue weighted by atomic mass is 9.98. The van der Waals surface area contributed by atoms with Crippen LogP contribution >= 0.6 is 24.0 Å². The molecule has 10 heteroatoms. The number of benzene rings is 1. The minimum atomic E-state index is -3.08. The van der Waals surface area contributed by atoms with E-state index in [0.29, 0.717) is 25.6 Å². The molecular formula is C21H33IN6O2S. The van der Waals surface area contributed by atoms with Crippen molar-refractivity contribution in [3.8, 4) is 0 Å². The van der Waals surface area contributed by atoms with Gasteiger partial charge in [-0.05, 0) is 42.9 Å². The van der Waals surface area contributed by atoms with Gasteiger partial charge >= 0.3 is 0 Å². The molecule has 2 aromatic rings. The van der Waals surface area contributed by atoms with Crippen molar-refractivity contribution in [2.45, 2.75) is 32.9 Å². The topological polar surface area (TPSA) is 91.6 Å². The molecule has 0 amide bonds. The predicted molar refractivity (Wildman–Crippen MR) is 135 cm³/mol. The number of nitrogens with zero attached hydrogens (tertiary/aromatic N) is 4. The average molecular weight is 561 g/mol. The number of hydrogen-bond donors (Lipinski definition) is 2. The molecule has 1 aromatic heterocycles. The molecule has 1 aromatic carbocycles. The van der Waals surface area contributed by atoms with E-state index in [9.17, 15) is 8.42 Å². The molecule has 1 saturated heterocycles. The van der Waals surface area contributed by atoms with E-state index < -0.39 is 10.0 Å². The molecule has 2 heterocycles. The molecule has 0 bridgehead atoms. The monoisotopic (exact) mass is 560 g/mol. The summed E-state index contributed by atoms with van der Waals surface area (Å²) < 4.78 is 26.8. The van der Waals surface area contributed by atoms with Gasteiger partial charge in [-0.25, -0.2) is 17.7 Å². The standard InChI is InChI=1S/C21H32N6O2S.HI/c1-3-22-21(23-15-18-9-13-27(14-10-18)30(2,28)29)24-16-19-7-4-5-8-20(19)17-26-12-6-11-25-26;/h4-8,11-12,18H,3,9-10,13-17H2,1-2H3,(H2,22,23,24);1H. The predicted octanol–water partition coefficient (Wildman–Crippen LogP) is 2.28. The number of sulfonamides is 1. The van der Waals surface area contributed by atoms with Crippen LogP contribution in [0.25, 0.3) is 0 Å². The molecule has 31 heavy (non-hydrogen) atoms. The van der Waals surface area contributed by atoms with Crippen LogP contribution in [-0.2, 0) is 23.1 Å². The zero-order chi connectivity index (χ0) is 21.4. The van der Waals surface area contributed by atoms with Gasteiger partial charge in [-0.15, -0.1) is 24.0 Å². The normalized spacial score (nSPS) is 16.0. The molecule has 172 valence electrons. The quantitative estimate of drug-likeness (QED) is 0.294. The van der Waals surface area contributed by atoms with E-state index >= 15 is 0 Å². The fraction of sp³-hybridized carbons (Fsp3) is 0.524. The Morgan fingerprint density at radius 2 is 1.87 bits per heavy atom. The summed E-state index contributed by atoms with van der Waals surface area (Å²) in [6.07, 6.45) is 6.76. The van der Waals surface area contributed by atoms with Crippen molar-refractivity contribution in [2.24, 2.45) is 10.9 Å². The van der Waals surface area contributed by atoms with Gasteiger partial charge in [-0.1, -0.05) is 24.3 Å². The van der Waals surface area contributed by atoms with Gasteiger partial charge < -0.3 is 10.6 Å². The lowest BCUT2D eigenvalue weighted by Crippen LogP contribution is -2.44. The fourth-order valence-electron chi connectivity index (χ4n) is 3.63. The number of aromatic nitrogens is 2. The number of nitrogens with one attached hydrogen (secondary N) is 2. The number of halogens is 1. The van der Waals surface area contributed by atoms with Gasteiger partial charge in [0.15, 0.2) is 5.96 Å². The van der Waals surface area contributed by atoms with Gasteiger partial charge in [0.25, 0.3) is 0 Å². The van der Waals surface area contributed by atoms with Gasteiger partial charge in [0.05, 0.1) is 19.3 Å². The summed E-state index contributed by atoms with van der Waals surface area (Å²) in [5.41, 5.74) is 2.38. The highest BCUT2D eigenvalue weighted by atomic mass is 127. The van der Waals surface area contributed by atoms with Crippen LogP contribution in [0.2, 0.25) is 0 Å². The van der Waals surface area contributed by atoms with E-state index in [0.717, 1.165) is 38.4 Å². The summed E-state index contributed by atoms with van der Waals surface area (Å²) in [5.74, 6) is 1.23. The third kappa shape index (κ3) is 8.08. The van der Waals surface area contributed by atoms with E-state index in [1.165, 1.54) is 17.4 Å². The first kappa shape index (κ1) is 25.6. The van der Waals surface area contributed by atoms with Crippen molar-refractivity contribution >= 4 is 40.0 Å². The summed E-state index contributed by atoms with van der Waals surface area (Å²) in [7, 11) is -3.08. The van der Waals surface area contributed by atoms with E-state index in [1.54, 1.807) is 10.5 Å². The number of hydrogen-bond acceptors (Lipinski definition) is 4. The molecule has 1 aliphatic rings. The van der Waals surface area contributed by atoms with Crippen LogP contribution < -0.4 is 10.6 Å². The van der Waals surface area contributed by atoms with Gasteiger partial charge in [-0.2, -0.15) is 5.10 Å². The Kier molecular flexibility index (Phi) is 10.2. The Morgan fingerprint density at radius 1 is 1.16 bits per heavy atom. The highest BCUT2D eigenvalue weighted by Gasteiger charge is 2.24. The average Bonchev–Trinajstić information content (AvgIpc) is 3.24. The van der Waals surface area contributed by atoms with E-state index in [1.807, 2.05) is 36.0 Å². The van der Waals surface area contributed by atoms with Crippen molar-refractivity contribution in [2.75, 3.05) is 32.4 Å². The summed E-state index contributed by atoms with van der Waals surface area (Å²) in [5, 5.41) is 11.0. The fourth-order valence-corrected chi connectivity index (χ4v) is 4.50. The maximum Gasteiger partial charge on any atom is 0.211 e. The first-order chi connectivity index (χ1) is 14.5. The van der Waals surface area contributed by atoms with Crippen LogP contribution in [0.4, 0.5) is 0 Å². The van der Waals surface area contributed by atoms with Crippen LogP contribution in [0, 0.1) is 5.92 Å². The first-order valence-electron chi connectivity index (χ1n) is 10.5. The SMILES string of the molecule is CCNC(=NCc1ccccc1Cn1cccn1)NCC1CCN(S(C)(=O)=O)CC1.I. The molecule has 1 fully saturated rings. The Hall–Kier alpha value is -1.66. The number of rotatable bonds is 8. The maximum atomic E-state index is 11.7. The molecule has 8 nitrogen and oxygen atoms in total. The van der Waals surface area contributed by atoms with Crippen LogP contribution in [0.3, 0.4) is 0 Å². The zero-order valence-electron chi connectivity index (χ0n) is 18.2. The lowest BCUT2D eigenvalue weighted by Gasteiger charge is -2.30. The highest BCUT2D eigenvalue weighted by Crippen LogP contribution is 2.18. The van der Waals surface area contributed by atoms with Gasteiger partial charge in [0.2, 0.25) is 10.0 Å². The molecule has 1 aliphatic heterocycles. The number of guanidine groups is 1. The number of aliphatic imine (C=N–C) groups is 1. The van der Waals surface area contributed by atoms with Gasteiger partial charge in [-0.3, -0.25) is 4.68 Å². The van der Waals surface area contributed by atoms with E-state index in [-0.39, 0.29) is 24.0 Å². The third-order valence-electron chi connectivity index (χ3n) is 5.36. The van der Waals surface area contributed by atoms with Crippen molar-refractivity contribution in [3.05, 3.63) is 53.9 Å². The van der Waals surface area contributed by atoms with Crippen molar-refractivity contribution in [3.63, 3.8) is 0 Å². The molecule has 0 radical (unpaired) electrons. The van der Waals surface area contributed by atoms with E-state index in [4.69, 9.17) is 4.99 Å². The first-order valence-corrected chi connectivity index (χ1v) is 12.3. The second-order valence-corrected chi connectivity index (χ2v) is 9.64. The Bertz CT molecular complexity index is 925. The minimum absolute atomic E-state index is 0. The molecule has 0 unspecified atom stereocenters.